The lowest BCUT2D eigenvalue weighted by molar-refractivity contribution is -0.123. The number of benzene rings is 3. The number of amides is 1. The number of nitrogens with zero attached hydrogens (tertiary/aromatic N) is 2. The summed E-state index contributed by atoms with van der Waals surface area (Å²) in [6.07, 6.45) is 1.32. The first-order valence-electron chi connectivity index (χ1n) is 11.8. The zero-order chi connectivity index (χ0) is 27.8. The van der Waals surface area contributed by atoms with Gasteiger partial charge in [0.1, 0.15) is 17.3 Å². The maximum Gasteiger partial charge on any atom is 0.277 e. The van der Waals surface area contributed by atoms with Crippen LogP contribution < -0.4 is 10.2 Å². The molecule has 0 fully saturated rings. The summed E-state index contributed by atoms with van der Waals surface area (Å²) in [5, 5.41) is 4.58. The van der Waals surface area contributed by atoms with E-state index in [-0.39, 0.29) is 24.6 Å². The number of carbonyl (C=O) groups excluding carboxylic acids is 1. The van der Waals surface area contributed by atoms with Crippen LogP contribution in [0.1, 0.15) is 22.6 Å². The van der Waals surface area contributed by atoms with Crippen LogP contribution in [0.2, 0.25) is 10.0 Å². The number of aryl methyl sites for hydroxylation is 1. The Hall–Kier alpha value is -3.63. The van der Waals surface area contributed by atoms with E-state index in [9.17, 15) is 13.2 Å². The van der Waals surface area contributed by atoms with Crippen molar-refractivity contribution in [1.29, 1.82) is 0 Å². The van der Waals surface area contributed by atoms with Crippen LogP contribution in [0.25, 0.3) is 0 Å². The molecule has 0 bridgehead atoms. The van der Waals surface area contributed by atoms with Crippen molar-refractivity contribution < 1.29 is 22.4 Å². The van der Waals surface area contributed by atoms with Gasteiger partial charge in [0.2, 0.25) is 10.0 Å². The molecule has 39 heavy (non-hydrogen) atoms. The molecule has 4 rings (SSSR count). The fraction of sp³-hybridized carbons (Fsp3) is 0.143. The van der Waals surface area contributed by atoms with Crippen molar-refractivity contribution in [2.45, 2.75) is 24.9 Å². The summed E-state index contributed by atoms with van der Waals surface area (Å²) < 4.78 is 39.6. The lowest BCUT2D eigenvalue weighted by atomic mass is 10.2. The molecular weight excluding hydrogens is 561 g/mol. The third kappa shape index (κ3) is 7.93. The number of hydrogen-bond donors (Lipinski definition) is 1. The Kier molecular flexibility index (Phi) is 9.42. The van der Waals surface area contributed by atoms with Gasteiger partial charge in [-0.25, -0.2) is 13.8 Å². The van der Waals surface area contributed by atoms with Gasteiger partial charge in [-0.05, 0) is 61.0 Å². The molecule has 11 heteroatoms. The summed E-state index contributed by atoms with van der Waals surface area (Å²) >= 11 is 12.2. The van der Waals surface area contributed by atoms with Gasteiger partial charge >= 0.3 is 0 Å². The van der Waals surface area contributed by atoms with Crippen LogP contribution in [0, 0.1) is 6.92 Å². The van der Waals surface area contributed by atoms with Crippen LogP contribution in [0.4, 0.5) is 0 Å². The molecule has 1 heterocycles. The highest BCUT2D eigenvalue weighted by Crippen LogP contribution is 2.26. The molecule has 4 aromatic rings. The molecule has 8 nitrogen and oxygen atoms in total. The van der Waals surface area contributed by atoms with Gasteiger partial charge in [-0.2, -0.15) is 9.41 Å². The first-order chi connectivity index (χ1) is 18.7. The predicted molar refractivity (Wildman–Crippen MR) is 150 cm³/mol. The van der Waals surface area contributed by atoms with E-state index in [2.05, 4.69) is 10.5 Å². The molecule has 3 aromatic carbocycles. The third-order valence-corrected chi connectivity index (χ3v) is 8.06. The quantitative estimate of drug-likeness (QED) is 0.177. The second-order valence-corrected chi connectivity index (χ2v) is 11.3. The number of furan rings is 1. The van der Waals surface area contributed by atoms with Crippen molar-refractivity contribution in [1.82, 2.24) is 9.73 Å². The van der Waals surface area contributed by atoms with Crippen LogP contribution in [-0.4, -0.2) is 31.5 Å². The number of carbonyl (C=O) groups is 1. The van der Waals surface area contributed by atoms with Crippen molar-refractivity contribution in [3.63, 3.8) is 0 Å². The topological polar surface area (TPSA) is 101 Å². The number of hydrogen-bond acceptors (Lipinski definition) is 6. The van der Waals surface area contributed by atoms with Gasteiger partial charge in [0.15, 0.2) is 6.61 Å². The van der Waals surface area contributed by atoms with E-state index in [4.69, 9.17) is 32.4 Å². The number of rotatable bonds is 11. The fourth-order valence-electron chi connectivity index (χ4n) is 3.52. The molecule has 0 saturated heterocycles. The zero-order valence-corrected chi connectivity index (χ0v) is 23.2. The van der Waals surface area contributed by atoms with Crippen LogP contribution in [0.15, 0.2) is 99.3 Å². The second kappa shape index (κ2) is 12.9. The molecule has 1 amide bonds. The van der Waals surface area contributed by atoms with E-state index in [0.717, 1.165) is 5.56 Å². The number of halogens is 2. The van der Waals surface area contributed by atoms with Crippen molar-refractivity contribution in [2.75, 3.05) is 6.61 Å². The van der Waals surface area contributed by atoms with E-state index in [1.54, 1.807) is 78.9 Å². The van der Waals surface area contributed by atoms with Gasteiger partial charge in [0, 0.05) is 6.54 Å². The van der Waals surface area contributed by atoms with E-state index in [0.29, 0.717) is 32.9 Å². The Morgan fingerprint density at radius 2 is 1.72 bits per heavy atom. The first kappa shape index (κ1) is 28.4. The third-order valence-electron chi connectivity index (χ3n) is 5.51. The monoisotopic (exact) mass is 585 g/mol. The van der Waals surface area contributed by atoms with Gasteiger partial charge in [-0.3, -0.25) is 4.79 Å². The number of nitrogens with one attached hydrogen (secondary N) is 1. The van der Waals surface area contributed by atoms with Crippen LogP contribution in [0.3, 0.4) is 0 Å². The zero-order valence-electron chi connectivity index (χ0n) is 20.9. The molecule has 0 aliphatic rings. The maximum absolute atomic E-state index is 13.6. The van der Waals surface area contributed by atoms with Gasteiger partial charge in [-0.1, -0.05) is 65.2 Å². The lowest BCUT2D eigenvalue weighted by Gasteiger charge is -2.22. The van der Waals surface area contributed by atoms with Crippen molar-refractivity contribution in [3.8, 4) is 5.75 Å². The lowest BCUT2D eigenvalue weighted by Crippen LogP contribution is -2.30. The van der Waals surface area contributed by atoms with Gasteiger partial charge in [-0.15, -0.1) is 0 Å². The van der Waals surface area contributed by atoms with Gasteiger partial charge in [0.05, 0.1) is 27.7 Å². The molecular formula is C28H25Cl2N3O5S. The van der Waals surface area contributed by atoms with Crippen molar-refractivity contribution in [2.24, 2.45) is 5.10 Å². The average molecular weight is 586 g/mol. The molecule has 0 saturated carbocycles. The summed E-state index contributed by atoms with van der Waals surface area (Å²) in [6, 6.07) is 23.8. The largest absolute Gasteiger partial charge is 0.484 e. The van der Waals surface area contributed by atoms with Crippen molar-refractivity contribution in [3.05, 3.63) is 118 Å². The molecule has 202 valence electrons. The number of sulfonamides is 1. The van der Waals surface area contributed by atoms with E-state index >= 15 is 0 Å². The number of ether oxygens (including phenoxy) is 1. The van der Waals surface area contributed by atoms with Gasteiger partial charge < -0.3 is 9.15 Å². The average Bonchev–Trinajstić information content (AvgIpc) is 3.37. The fourth-order valence-corrected chi connectivity index (χ4v) is 5.23. The highest BCUT2D eigenvalue weighted by atomic mass is 35.5. The standard InChI is InChI=1S/C28H25Cl2N3O5S/c1-20-7-12-25(13-8-20)39(35,36)33(17-21-9-14-26(29)27(30)15-21)18-24-11-10-23(38-24)16-31-32-28(34)19-37-22-5-3-2-4-6-22/h2-16H,17-19H2,1H3,(H,32,34)/b31-16-. The summed E-state index contributed by atoms with van der Waals surface area (Å²) in [7, 11) is -3.89. The van der Waals surface area contributed by atoms with Crippen LogP contribution >= 0.6 is 23.2 Å². The van der Waals surface area contributed by atoms with Crippen molar-refractivity contribution >= 4 is 45.3 Å². The van der Waals surface area contributed by atoms with Crippen LogP contribution in [-0.2, 0) is 27.9 Å². The highest BCUT2D eigenvalue weighted by molar-refractivity contribution is 7.89. The summed E-state index contributed by atoms with van der Waals surface area (Å²) in [5.74, 6) is 0.833. The smallest absolute Gasteiger partial charge is 0.277 e. The number of hydrazone groups is 1. The first-order valence-corrected chi connectivity index (χ1v) is 14.0. The molecule has 0 unspecified atom stereocenters. The molecule has 1 N–H and O–H groups in total. The van der Waals surface area contributed by atoms with Gasteiger partial charge in [0.25, 0.3) is 5.91 Å². The molecule has 0 spiro atoms. The minimum atomic E-state index is -3.89. The predicted octanol–water partition coefficient (Wildman–Crippen LogP) is 5.82. The molecule has 1 aromatic heterocycles. The number of para-hydroxylation sites is 1. The Balaban J connectivity index is 1.45. The Morgan fingerprint density at radius 1 is 0.974 bits per heavy atom. The highest BCUT2D eigenvalue weighted by Gasteiger charge is 2.26. The minimum absolute atomic E-state index is 0.0364. The van der Waals surface area contributed by atoms with E-state index in [1.165, 1.54) is 10.5 Å². The minimum Gasteiger partial charge on any atom is -0.484 e. The summed E-state index contributed by atoms with van der Waals surface area (Å²) in [6.45, 7) is 1.66. The SMILES string of the molecule is Cc1ccc(S(=O)(=O)N(Cc2ccc(Cl)c(Cl)c2)Cc2ccc(/C=N\NC(=O)COc3ccccc3)o2)cc1. The van der Waals surface area contributed by atoms with E-state index in [1.807, 2.05) is 13.0 Å². The Morgan fingerprint density at radius 3 is 2.44 bits per heavy atom. The Labute approximate surface area is 236 Å². The molecule has 0 radical (unpaired) electrons. The molecule has 0 atom stereocenters. The van der Waals surface area contributed by atoms with Crippen LogP contribution in [0.5, 0.6) is 5.75 Å². The maximum atomic E-state index is 13.6. The molecule has 0 aliphatic carbocycles. The van der Waals surface area contributed by atoms with E-state index < -0.39 is 15.9 Å². The summed E-state index contributed by atoms with van der Waals surface area (Å²) in [5.41, 5.74) is 3.96. The molecule has 0 aliphatic heterocycles. The Bertz CT molecular complexity index is 1560. The second-order valence-electron chi connectivity index (χ2n) is 8.53. The normalized spacial score (nSPS) is 11.7. The summed E-state index contributed by atoms with van der Waals surface area (Å²) in [4.78, 5) is 12.1.